The van der Waals surface area contributed by atoms with Gasteiger partial charge in [0.25, 0.3) is 0 Å². The van der Waals surface area contributed by atoms with E-state index in [9.17, 15) is 9.18 Å². The quantitative estimate of drug-likeness (QED) is 0.708. The Labute approximate surface area is 151 Å². The van der Waals surface area contributed by atoms with Crippen LogP contribution in [0.15, 0.2) is 48.5 Å². The number of aromatic amines is 1. The summed E-state index contributed by atoms with van der Waals surface area (Å²) in [5, 5.41) is 9.95. The number of aromatic nitrogens is 2. The van der Waals surface area contributed by atoms with E-state index in [1.54, 1.807) is 13.0 Å². The van der Waals surface area contributed by atoms with E-state index in [0.29, 0.717) is 17.3 Å². The fraction of sp³-hybridized carbons (Fsp3) is 0.238. The Bertz CT molecular complexity index is 942. The molecule has 5 heteroatoms. The highest BCUT2D eigenvalue weighted by molar-refractivity contribution is 5.91. The molecule has 1 fully saturated rings. The first-order valence-electron chi connectivity index (χ1n) is 8.79. The Balaban J connectivity index is 1.39. The largest absolute Gasteiger partial charge is 0.309 e. The van der Waals surface area contributed by atoms with Crippen LogP contribution < -0.4 is 5.32 Å². The molecule has 4 rings (SSSR count). The van der Waals surface area contributed by atoms with E-state index in [-0.39, 0.29) is 18.1 Å². The molecule has 1 aliphatic carbocycles. The van der Waals surface area contributed by atoms with Crippen LogP contribution in [0.3, 0.4) is 0 Å². The molecule has 1 aliphatic rings. The number of anilines is 1. The summed E-state index contributed by atoms with van der Waals surface area (Å²) in [5.41, 5.74) is 4.60. The van der Waals surface area contributed by atoms with Crippen molar-refractivity contribution in [2.75, 3.05) is 5.32 Å². The SMILES string of the molecule is Cc1cc(-c2ccc(CC(=O)Nc3cc(C4CC4)[nH]n3)cc2)ccc1F. The Morgan fingerprint density at radius 3 is 2.58 bits per heavy atom. The highest BCUT2D eigenvalue weighted by Gasteiger charge is 2.25. The summed E-state index contributed by atoms with van der Waals surface area (Å²) in [6.07, 6.45) is 2.67. The van der Waals surface area contributed by atoms with Crippen molar-refractivity contribution >= 4 is 11.7 Å². The third kappa shape index (κ3) is 3.67. The van der Waals surface area contributed by atoms with Gasteiger partial charge in [-0.1, -0.05) is 30.3 Å². The van der Waals surface area contributed by atoms with Gasteiger partial charge in [0, 0.05) is 17.7 Å². The Hall–Kier alpha value is -2.95. The number of hydrogen-bond acceptors (Lipinski definition) is 2. The second-order valence-corrected chi connectivity index (χ2v) is 6.87. The Morgan fingerprint density at radius 1 is 1.15 bits per heavy atom. The van der Waals surface area contributed by atoms with Gasteiger partial charge in [-0.2, -0.15) is 5.10 Å². The summed E-state index contributed by atoms with van der Waals surface area (Å²) in [4.78, 5) is 12.2. The maximum atomic E-state index is 13.4. The fourth-order valence-corrected chi connectivity index (χ4v) is 3.02. The molecule has 3 aromatic rings. The lowest BCUT2D eigenvalue weighted by molar-refractivity contribution is -0.115. The first-order valence-corrected chi connectivity index (χ1v) is 8.79. The van der Waals surface area contributed by atoms with E-state index in [0.717, 1.165) is 22.4 Å². The van der Waals surface area contributed by atoms with Crippen molar-refractivity contribution in [1.29, 1.82) is 0 Å². The molecule has 26 heavy (non-hydrogen) atoms. The number of amides is 1. The minimum Gasteiger partial charge on any atom is -0.309 e. The number of hydrogen-bond donors (Lipinski definition) is 2. The molecule has 2 aromatic carbocycles. The molecule has 4 nitrogen and oxygen atoms in total. The van der Waals surface area contributed by atoms with Crippen molar-refractivity contribution in [3.8, 4) is 11.1 Å². The summed E-state index contributed by atoms with van der Waals surface area (Å²) in [6.45, 7) is 1.75. The van der Waals surface area contributed by atoms with Gasteiger partial charge in [0.15, 0.2) is 5.82 Å². The number of benzene rings is 2. The molecule has 1 aromatic heterocycles. The molecule has 2 N–H and O–H groups in total. The van der Waals surface area contributed by atoms with Gasteiger partial charge in [-0.25, -0.2) is 4.39 Å². The molecule has 0 bridgehead atoms. The molecule has 1 saturated carbocycles. The van der Waals surface area contributed by atoms with Crippen molar-refractivity contribution in [1.82, 2.24) is 10.2 Å². The molecular formula is C21H20FN3O. The van der Waals surface area contributed by atoms with Crippen molar-refractivity contribution < 1.29 is 9.18 Å². The van der Waals surface area contributed by atoms with Gasteiger partial charge < -0.3 is 5.32 Å². The number of nitrogens with zero attached hydrogens (tertiary/aromatic N) is 1. The molecule has 1 heterocycles. The maximum absolute atomic E-state index is 13.4. The van der Waals surface area contributed by atoms with Crippen LogP contribution in [0.25, 0.3) is 11.1 Å². The summed E-state index contributed by atoms with van der Waals surface area (Å²) < 4.78 is 13.4. The van der Waals surface area contributed by atoms with E-state index >= 15 is 0 Å². The topological polar surface area (TPSA) is 57.8 Å². The van der Waals surface area contributed by atoms with Crippen LogP contribution in [0.4, 0.5) is 10.2 Å². The normalized spacial score (nSPS) is 13.6. The van der Waals surface area contributed by atoms with Crippen molar-refractivity contribution in [2.45, 2.75) is 32.1 Å². The molecular weight excluding hydrogens is 329 g/mol. The maximum Gasteiger partial charge on any atom is 0.229 e. The molecule has 0 radical (unpaired) electrons. The number of halogens is 1. The van der Waals surface area contributed by atoms with E-state index in [4.69, 9.17) is 0 Å². The minimum absolute atomic E-state index is 0.0933. The molecule has 0 atom stereocenters. The van der Waals surface area contributed by atoms with Gasteiger partial charge in [-0.15, -0.1) is 0 Å². The third-order valence-corrected chi connectivity index (χ3v) is 4.69. The van der Waals surface area contributed by atoms with Gasteiger partial charge in [0.05, 0.1) is 6.42 Å². The lowest BCUT2D eigenvalue weighted by Crippen LogP contribution is -2.14. The second kappa shape index (κ2) is 6.75. The van der Waals surface area contributed by atoms with E-state index in [1.165, 1.54) is 18.9 Å². The number of aryl methyl sites for hydroxylation is 1. The number of carbonyl (C=O) groups is 1. The summed E-state index contributed by atoms with van der Waals surface area (Å²) in [7, 11) is 0. The van der Waals surface area contributed by atoms with Crippen LogP contribution >= 0.6 is 0 Å². The van der Waals surface area contributed by atoms with Crippen LogP contribution in [-0.4, -0.2) is 16.1 Å². The highest BCUT2D eigenvalue weighted by atomic mass is 19.1. The Morgan fingerprint density at radius 2 is 1.88 bits per heavy atom. The zero-order valence-electron chi connectivity index (χ0n) is 14.6. The third-order valence-electron chi connectivity index (χ3n) is 4.69. The van der Waals surface area contributed by atoms with Crippen LogP contribution in [0.5, 0.6) is 0 Å². The van der Waals surface area contributed by atoms with Crippen molar-refractivity contribution in [3.63, 3.8) is 0 Å². The number of nitrogens with one attached hydrogen (secondary N) is 2. The predicted molar refractivity (Wildman–Crippen MR) is 99.5 cm³/mol. The minimum atomic E-state index is -0.203. The lowest BCUT2D eigenvalue weighted by Gasteiger charge is -2.06. The molecule has 0 spiro atoms. The highest BCUT2D eigenvalue weighted by Crippen LogP contribution is 2.39. The standard InChI is InChI=1S/C21H20FN3O/c1-13-10-17(8-9-18(13)22)15-4-2-14(3-5-15)11-21(26)23-20-12-19(24-25-20)16-6-7-16/h2-5,8-10,12,16H,6-7,11H2,1H3,(H2,23,24,25,26). The van der Waals surface area contributed by atoms with E-state index in [1.807, 2.05) is 36.4 Å². The fourth-order valence-electron chi connectivity index (χ4n) is 3.02. The first kappa shape index (κ1) is 16.5. The van der Waals surface area contributed by atoms with Gasteiger partial charge in [-0.05, 0) is 54.2 Å². The van der Waals surface area contributed by atoms with Gasteiger partial charge in [0.1, 0.15) is 5.82 Å². The van der Waals surface area contributed by atoms with Crippen molar-refractivity contribution in [3.05, 3.63) is 71.2 Å². The number of carbonyl (C=O) groups excluding carboxylic acids is 1. The number of rotatable bonds is 5. The monoisotopic (exact) mass is 349 g/mol. The second-order valence-electron chi connectivity index (χ2n) is 6.87. The average molecular weight is 349 g/mol. The van der Waals surface area contributed by atoms with Crippen molar-refractivity contribution in [2.24, 2.45) is 0 Å². The average Bonchev–Trinajstić information content (AvgIpc) is 3.38. The summed E-state index contributed by atoms with van der Waals surface area (Å²) >= 11 is 0. The number of H-pyrrole nitrogens is 1. The predicted octanol–water partition coefficient (Wildman–Crippen LogP) is 4.58. The van der Waals surface area contributed by atoms with Crippen LogP contribution in [0, 0.1) is 12.7 Å². The summed E-state index contributed by atoms with van der Waals surface area (Å²) in [5.74, 6) is 0.862. The molecule has 0 aliphatic heterocycles. The van der Waals surface area contributed by atoms with Crippen LogP contribution in [0.2, 0.25) is 0 Å². The first-order chi connectivity index (χ1) is 12.6. The molecule has 132 valence electrons. The summed E-state index contributed by atoms with van der Waals surface area (Å²) in [6, 6.07) is 14.7. The van der Waals surface area contributed by atoms with Crippen LogP contribution in [0.1, 0.15) is 35.6 Å². The van der Waals surface area contributed by atoms with Crippen LogP contribution in [-0.2, 0) is 11.2 Å². The van der Waals surface area contributed by atoms with E-state index in [2.05, 4.69) is 15.5 Å². The Kier molecular flexibility index (Phi) is 4.29. The zero-order chi connectivity index (χ0) is 18.1. The smallest absolute Gasteiger partial charge is 0.229 e. The molecule has 1 amide bonds. The van der Waals surface area contributed by atoms with Gasteiger partial charge >= 0.3 is 0 Å². The van der Waals surface area contributed by atoms with E-state index < -0.39 is 0 Å². The van der Waals surface area contributed by atoms with Gasteiger partial charge in [-0.3, -0.25) is 9.89 Å². The lowest BCUT2D eigenvalue weighted by atomic mass is 10.0. The molecule has 0 unspecified atom stereocenters. The molecule has 0 saturated heterocycles. The van der Waals surface area contributed by atoms with Gasteiger partial charge in [0.2, 0.25) is 5.91 Å². The zero-order valence-corrected chi connectivity index (χ0v) is 14.6.